The molecular formula is C16H24N4O. The maximum Gasteiger partial charge on any atom is 0.315 e. The van der Waals surface area contributed by atoms with Crippen molar-refractivity contribution in [2.75, 3.05) is 5.32 Å². The highest BCUT2D eigenvalue weighted by atomic mass is 16.4. The van der Waals surface area contributed by atoms with Crippen LogP contribution in [-0.4, -0.2) is 15.7 Å². The molecule has 0 aliphatic carbocycles. The molecule has 5 heteroatoms. The van der Waals surface area contributed by atoms with Crippen LogP contribution in [-0.2, 0) is 19.5 Å². The Kier molecular flexibility index (Phi) is 4.96. The predicted molar refractivity (Wildman–Crippen MR) is 84.0 cm³/mol. The molecule has 0 aliphatic heterocycles. The summed E-state index contributed by atoms with van der Waals surface area (Å²) in [7, 11) is 0. The molecule has 1 aromatic heterocycles. The average Bonchev–Trinajstić information content (AvgIpc) is 2.91. The topological polar surface area (TPSA) is 63.0 Å². The van der Waals surface area contributed by atoms with Crippen LogP contribution in [0.25, 0.3) is 0 Å². The molecule has 0 saturated carbocycles. The Labute approximate surface area is 126 Å². The van der Waals surface area contributed by atoms with Gasteiger partial charge in [-0.1, -0.05) is 36.3 Å². The highest BCUT2D eigenvalue weighted by Crippen LogP contribution is 2.10. The van der Waals surface area contributed by atoms with Crippen LogP contribution in [0.5, 0.6) is 0 Å². The van der Waals surface area contributed by atoms with E-state index in [-0.39, 0.29) is 5.54 Å². The van der Waals surface area contributed by atoms with Crippen molar-refractivity contribution in [3.05, 3.63) is 41.3 Å². The molecule has 0 unspecified atom stereocenters. The zero-order valence-corrected chi connectivity index (χ0v) is 13.2. The molecule has 0 saturated heterocycles. The fraction of sp³-hybridized carbons (Fsp3) is 0.500. The molecule has 0 radical (unpaired) electrons. The van der Waals surface area contributed by atoms with E-state index in [0.717, 1.165) is 6.42 Å². The van der Waals surface area contributed by atoms with Crippen LogP contribution in [0.3, 0.4) is 0 Å². The Bertz CT molecular complexity index is 554. The van der Waals surface area contributed by atoms with Crippen molar-refractivity contribution in [3.63, 3.8) is 0 Å². The SMILES string of the molecule is CCc1ccc(CNc2nnc(CNC(C)(C)C)o2)cc1. The van der Waals surface area contributed by atoms with E-state index in [9.17, 15) is 0 Å². The summed E-state index contributed by atoms with van der Waals surface area (Å²) in [4.78, 5) is 0. The summed E-state index contributed by atoms with van der Waals surface area (Å²) in [5.74, 6) is 0.591. The molecule has 1 heterocycles. The van der Waals surface area contributed by atoms with Crippen molar-refractivity contribution in [1.29, 1.82) is 0 Å². The van der Waals surface area contributed by atoms with Crippen LogP contribution in [0.15, 0.2) is 28.7 Å². The Morgan fingerprint density at radius 3 is 2.29 bits per heavy atom. The molecular weight excluding hydrogens is 264 g/mol. The number of aryl methyl sites for hydroxylation is 1. The van der Waals surface area contributed by atoms with Crippen LogP contribution < -0.4 is 10.6 Å². The molecule has 0 atom stereocenters. The quantitative estimate of drug-likeness (QED) is 0.855. The number of nitrogens with zero attached hydrogens (tertiary/aromatic N) is 2. The maximum atomic E-state index is 5.55. The van der Waals surface area contributed by atoms with E-state index < -0.39 is 0 Å². The lowest BCUT2D eigenvalue weighted by Crippen LogP contribution is -2.35. The minimum Gasteiger partial charge on any atom is -0.407 e. The number of rotatable bonds is 6. The van der Waals surface area contributed by atoms with Gasteiger partial charge in [0.1, 0.15) is 0 Å². The van der Waals surface area contributed by atoms with E-state index in [1.165, 1.54) is 11.1 Å². The zero-order chi connectivity index (χ0) is 15.3. The van der Waals surface area contributed by atoms with Gasteiger partial charge in [0.2, 0.25) is 5.89 Å². The van der Waals surface area contributed by atoms with E-state index >= 15 is 0 Å². The van der Waals surface area contributed by atoms with Crippen LogP contribution in [0.2, 0.25) is 0 Å². The number of hydrogen-bond donors (Lipinski definition) is 2. The third kappa shape index (κ3) is 5.19. The fourth-order valence-corrected chi connectivity index (χ4v) is 1.81. The van der Waals surface area contributed by atoms with Crippen molar-refractivity contribution >= 4 is 6.01 Å². The monoisotopic (exact) mass is 288 g/mol. The molecule has 5 nitrogen and oxygen atoms in total. The number of hydrogen-bond acceptors (Lipinski definition) is 5. The van der Waals surface area contributed by atoms with Gasteiger partial charge in [-0.05, 0) is 38.3 Å². The normalized spacial score (nSPS) is 11.6. The largest absolute Gasteiger partial charge is 0.407 e. The Morgan fingerprint density at radius 2 is 1.67 bits per heavy atom. The first-order valence-electron chi connectivity index (χ1n) is 7.35. The lowest BCUT2D eigenvalue weighted by molar-refractivity contribution is 0.383. The highest BCUT2D eigenvalue weighted by molar-refractivity contribution is 5.26. The fourth-order valence-electron chi connectivity index (χ4n) is 1.81. The molecule has 0 amide bonds. The number of aromatic nitrogens is 2. The summed E-state index contributed by atoms with van der Waals surface area (Å²) in [6, 6.07) is 8.97. The molecule has 2 N–H and O–H groups in total. The third-order valence-electron chi connectivity index (χ3n) is 3.11. The first-order valence-corrected chi connectivity index (χ1v) is 7.35. The molecule has 1 aromatic carbocycles. The van der Waals surface area contributed by atoms with Crippen LogP contribution in [0, 0.1) is 0 Å². The summed E-state index contributed by atoms with van der Waals surface area (Å²) in [5, 5.41) is 14.5. The van der Waals surface area contributed by atoms with E-state index in [1.807, 2.05) is 0 Å². The van der Waals surface area contributed by atoms with Crippen LogP contribution in [0.1, 0.15) is 44.7 Å². The third-order valence-corrected chi connectivity index (χ3v) is 3.11. The number of nitrogens with one attached hydrogen (secondary N) is 2. The number of anilines is 1. The molecule has 0 fully saturated rings. The van der Waals surface area contributed by atoms with Crippen molar-refractivity contribution in [2.24, 2.45) is 0 Å². The van der Waals surface area contributed by atoms with Gasteiger partial charge < -0.3 is 15.1 Å². The summed E-state index contributed by atoms with van der Waals surface area (Å²) in [5.41, 5.74) is 2.56. The van der Waals surface area contributed by atoms with Crippen LogP contribution >= 0.6 is 0 Å². The predicted octanol–water partition coefficient (Wildman–Crippen LogP) is 3.13. The second-order valence-corrected chi connectivity index (χ2v) is 6.13. The standard InChI is InChI=1S/C16H24N4O/c1-5-12-6-8-13(9-7-12)10-17-15-20-19-14(21-15)11-18-16(2,3)4/h6-9,18H,5,10-11H2,1-4H3,(H,17,20). The van der Waals surface area contributed by atoms with Gasteiger partial charge >= 0.3 is 6.01 Å². The van der Waals surface area contributed by atoms with Gasteiger partial charge in [0.15, 0.2) is 0 Å². The summed E-state index contributed by atoms with van der Waals surface area (Å²) >= 11 is 0. The minimum absolute atomic E-state index is 0.0308. The van der Waals surface area contributed by atoms with Gasteiger partial charge in [0, 0.05) is 12.1 Å². The molecule has 2 aromatic rings. The summed E-state index contributed by atoms with van der Waals surface area (Å²) < 4.78 is 5.55. The summed E-state index contributed by atoms with van der Waals surface area (Å²) in [6.45, 7) is 9.70. The smallest absolute Gasteiger partial charge is 0.315 e. The molecule has 0 aliphatic rings. The van der Waals surface area contributed by atoms with Crippen molar-refractivity contribution in [2.45, 2.75) is 52.7 Å². The lowest BCUT2D eigenvalue weighted by Gasteiger charge is -2.18. The first kappa shape index (κ1) is 15.5. The Balaban J connectivity index is 1.84. The maximum absolute atomic E-state index is 5.55. The average molecular weight is 288 g/mol. The molecule has 2 rings (SSSR count). The number of benzene rings is 1. The molecule has 114 valence electrons. The second kappa shape index (κ2) is 6.72. The van der Waals surface area contributed by atoms with E-state index in [1.54, 1.807) is 0 Å². The molecule has 0 bridgehead atoms. The van der Waals surface area contributed by atoms with Gasteiger partial charge in [-0.15, -0.1) is 5.10 Å². The highest BCUT2D eigenvalue weighted by Gasteiger charge is 2.12. The van der Waals surface area contributed by atoms with Crippen LogP contribution in [0.4, 0.5) is 6.01 Å². The molecule has 0 spiro atoms. The Hall–Kier alpha value is -1.88. The van der Waals surface area contributed by atoms with Gasteiger partial charge in [-0.25, -0.2) is 0 Å². The van der Waals surface area contributed by atoms with Crippen molar-refractivity contribution in [3.8, 4) is 0 Å². The van der Waals surface area contributed by atoms with Gasteiger partial charge in [0.25, 0.3) is 0 Å². The van der Waals surface area contributed by atoms with Gasteiger partial charge in [0.05, 0.1) is 6.54 Å². The second-order valence-electron chi connectivity index (χ2n) is 6.13. The van der Waals surface area contributed by atoms with Crippen molar-refractivity contribution < 1.29 is 4.42 Å². The van der Waals surface area contributed by atoms with E-state index in [4.69, 9.17) is 4.42 Å². The zero-order valence-electron chi connectivity index (χ0n) is 13.2. The lowest BCUT2D eigenvalue weighted by atomic mass is 10.1. The van der Waals surface area contributed by atoms with E-state index in [0.29, 0.717) is 25.0 Å². The summed E-state index contributed by atoms with van der Waals surface area (Å²) in [6.07, 6.45) is 1.06. The first-order chi connectivity index (χ1) is 9.96. The Morgan fingerprint density at radius 1 is 1.00 bits per heavy atom. The van der Waals surface area contributed by atoms with E-state index in [2.05, 4.69) is 72.8 Å². The van der Waals surface area contributed by atoms with Gasteiger partial charge in [-0.3, -0.25) is 0 Å². The van der Waals surface area contributed by atoms with Gasteiger partial charge in [-0.2, -0.15) is 0 Å². The minimum atomic E-state index is 0.0308. The van der Waals surface area contributed by atoms with Crippen molar-refractivity contribution in [1.82, 2.24) is 15.5 Å². The molecule has 21 heavy (non-hydrogen) atoms.